The molecule has 39 heavy (non-hydrogen) atoms. The van der Waals surface area contributed by atoms with Crippen molar-refractivity contribution in [2.75, 3.05) is 26.8 Å². The Morgan fingerprint density at radius 3 is 2.69 bits per heavy atom. The molecule has 0 spiro atoms. The topological polar surface area (TPSA) is 102 Å². The van der Waals surface area contributed by atoms with Gasteiger partial charge in [0, 0.05) is 45.0 Å². The number of amides is 2. The molecule has 2 N–H and O–H groups in total. The number of hydrogen-bond donors (Lipinski definition) is 2. The van der Waals surface area contributed by atoms with E-state index in [1.165, 1.54) is 0 Å². The number of nitrogens with zero attached hydrogens (tertiary/aromatic N) is 2. The third-order valence-corrected chi connectivity index (χ3v) is 7.04. The van der Waals surface area contributed by atoms with Gasteiger partial charge in [-0.05, 0) is 59.9 Å². The number of carbonyl (C=O) groups excluding carboxylic acids is 2. The first-order valence-electron chi connectivity index (χ1n) is 13.3. The number of nitrogens with one attached hydrogen (secondary N) is 2. The summed E-state index contributed by atoms with van der Waals surface area (Å²) in [6, 6.07) is 17.0. The summed E-state index contributed by atoms with van der Waals surface area (Å²) in [6.45, 7) is 2.50. The maximum Gasteiger partial charge on any atom is 0.258 e. The number of likely N-dealkylation sites (tertiary alicyclic amines) is 1. The van der Waals surface area contributed by atoms with E-state index >= 15 is 0 Å². The minimum atomic E-state index is -0.236. The molecular weight excluding hydrogens is 496 g/mol. The van der Waals surface area contributed by atoms with Crippen molar-refractivity contribution in [2.24, 2.45) is 0 Å². The van der Waals surface area contributed by atoms with E-state index in [1.807, 2.05) is 48.7 Å². The fourth-order valence-corrected chi connectivity index (χ4v) is 4.96. The molecule has 1 aromatic heterocycles. The number of ether oxygens (including phenoxy) is 3. The molecule has 0 unspecified atom stereocenters. The predicted molar refractivity (Wildman–Crippen MR) is 146 cm³/mol. The lowest BCUT2D eigenvalue weighted by Gasteiger charge is -2.38. The standard InChI is InChI=1S/C30H34N4O5/c1-37-28-15-21-6-10-27(28)38-20-30(36)33-25-19-34(18-23-3-2-13-31-16-23)14-12-26(25)39-24-8-4-22(5-9-24)17-32-29(35)11-7-21/h2-6,8-10,13,15-16,25-26H,7,11-12,14,17-20H2,1H3,(H,32,35)(H,33,36)/t25-,26-/m1/s1. The second-order valence-electron chi connectivity index (χ2n) is 9.91. The molecule has 2 aromatic carbocycles. The number of carbonyl (C=O) groups is 2. The van der Waals surface area contributed by atoms with Crippen LogP contribution >= 0.6 is 0 Å². The zero-order valence-corrected chi connectivity index (χ0v) is 22.1. The molecule has 2 amide bonds. The van der Waals surface area contributed by atoms with Gasteiger partial charge < -0.3 is 24.8 Å². The Kier molecular flexibility index (Phi) is 8.58. The predicted octanol–water partition coefficient (Wildman–Crippen LogP) is 2.87. The van der Waals surface area contributed by atoms with Crippen LogP contribution in [0.5, 0.6) is 17.2 Å². The fraction of sp³-hybridized carbons (Fsp3) is 0.367. The molecule has 9 nitrogen and oxygen atoms in total. The van der Waals surface area contributed by atoms with Crippen LogP contribution < -0.4 is 24.8 Å². The van der Waals surface area contributed by atoms with E-state index < -0.39 is 0 Å². The van der Waals surface area contributed by atoms with Crippen molar-refractivity contribution in [1.29, 1.82) is 0 Å². The fourth-order valence-electron chi connectivity index (χ4n) is 4.96. The van der Waals surface area contributed by atoms with Gasteiger partial charge in [0.05, 0.1) is 13.2 Å². The highest BCUT2D eigenvalue weighted by Gasteiger charge is 2.32. The van der Waals surface area contributed by atoms with Gasteiger partial charge in [-0.25, -0.2) is 0 Å². The quantitative estimate of drug-likeness (QED) is 0.537. The van der Waals surface area contributed by atoms with Gasteiger partial charge >= 0.3 is 0 Å². The van der Waals surface area contributed by atoms with Crippen molar-refractivity contribution >= 4 is 11.8 Å². The van der Waals surface area contributed by atoms with E-state index in [-0.39, 0.29) is 30.6 Å². The molecule has 1 saturated heterocycles. The monoisotopic (exact) mass is 530 g/mol. The Morgan fingerprint density at radius 2 is 1.90 bits per heavy atom. The molecule has 1 fully saturated rings. The number of piperidine rings is 1. The molecule has 8 rings (SSSR count). The third kappa shape index (κ3) is 7.26. The highest BCUT2D eigenvalue weighted by Crippen LogP contribution is 2.29. The number of hydrogen-bond acceptors (Lipinski definition) is 7. The van der Waals surface area contributed by atoms with Gasteiger partial charge in [0.15, 0.2) is 18.1 Å². The van der Waals surface area contributed by atoms with Crippen LogP contribution in [-0.4, -0.2) is 60.7 Å². The second-order valence-corrected chi connectivity index (χ2v) is 9.91. The van der Waals surface area contributed by atoms with E-state index in [0.717, 1.165) is 42.0 Å². The largest absolute Gasteiger partial charge is 0.493 e. The van der Waals surface area contributed by atoms with Crippen molar-refractivity contribution in [2.45, 2.75) is 44.5 Å². The molecule has 6 heterocycles. The van der Waals surface area contributed by atoms with Gasteiger partial charge in [-0.3, -0.25) is 19.5 Å². The first kappa shape index (κ1) is 26.5. The Bertz CT molecular complexity index is 1270. The highest BCUT2D eigenvalue weighted by atomic mass is 16.5. The second kappa shape index (κ2) is 12.6. The molecule has 9 heteroatoms. The van der Waals surface area contributed by atoms with Gasteiger partial charge in [0.2, 0.25) is 5.91 Å². The summed E-state index contributed by atoms with van der Waals surface area (Å²) in [5.74, 6) is 1.47. The first-order valence-corrected chi connectivity index (χ1v) is 13.3. The SMILES string of the molecule is COc1cc2ccc1OCC(=O)N[C@@H]1CN(Cc3cccnc3)CC[C@H]1Oc1ccc(cc1)CNC(=O)CC2. The van der Waals surface area contributed by atoms with Crippen molar-refractivity contribution in [3.63, 3.8) is 0 Å². The summed E-state index contributed by atoms with van der Waals surface area (Å²) in [6.07, 6.45) is 5.09. The highest BCUT2D eigenvalue weighted by molar-refractivity contribution is 5.78. The van der Waals surface area contributed by atoms with Crippen LogP contribution in [0.25, 0.3) is 0 Å². The average Bonchev–Trinajstić information content (AvgIpc) is 2.96. The van der Waals surface area contributed by atoms with Gasteiger partial charge in [0.25, 0.3) is 5.91 Å². The first-order chi connectivity index (χ1) is 19.1. The van der Waals surface area contributed by atoms with Gasteiger partial charge in [-0.1, -0.05) is 24.3 Å². The molecule has 5 aliphatic heterocycles. The van der Waals surface area contributed by atoms with E-state index in [9.17, 15) is 9.59 Å². The molecule has 0 saturated carbocycles. The summed E-state index contributed by atoms with van der Waals surface area (Å²) < 4.78 is 17.7. The number of aryl methyl sites for hydroxylation is 1. The molecular formula is C30H34N4O5. The normalized spacial score (nSPS) is 20.6. The number of pyridine rings is 1. The molecule has 204 valence electrons. The van der Waals surface area contributed by atoms with Crippen molar-refractivity contribution in [1.82, 2.24) is 20.5 Å². The van der Waals surface area contributed by atoms with Crippen molar-refractivity contribution < 1.29 is 23.8 Å². The van der Waals surface area contributed by atoms with Crippen LogP contribution in [0.2, 0.25) is 0 Å². The van der Waals surface area contributed by atoms with Crippen LogP contribution in [0, 0.1) is 0 Å². The Hall–Kier alpha value is -4.11. The smallest absolute Gasteiger partial charge is 0.258 e. The van der Waals surface area contributed by atoms with Gasteiger partial charge in [0.1, 0.15) is 11.9 Å². The summed E-state index contributed by atoms with van der Waals surface area (Å²) in [7, 11) is 1.56. The van der Waals surface area contributed by atoms with E-state index in [4.69, 9.17) is 14.2 Å². The number of rotatable bonds is 3. The Labute approximate surface area is 228 Å². The lowest BCUT2D eigenvalue weighted by molar-refractivity contribution is -0.125. The lowest BCUT2D eigenvalue weighted by atomic mass is 10.0. The number of methoxy groups -OCH3 is 1. The summed E-state index contributed by atoms with van der Waals surface area (Å²) in [5.41, 5.74) is 3.06. The molecule has 3 aromatic rings. The lowest BCUT2D eigenvalue weighted by Crippen LogP contribution is -2.57. The van der Waals surface area contributed by atoms with Crippen LogP contribution in [0.3, 0.4) is 0 Å². The summed E-state index contributed by atoms with van der Waals surface area (Å²) >= 11 is 0. The zero-order valence-electron chi connectivity index (χ0n) is 22.1. The molecule has 5 aliphatic rings. The molecule has 4 bridgehead atoms. The van der Waals surface area contributed by atoms with Crippen LogP contribution in [0.4, 0.5) is 0 Å². The van der Waals surface area contributed by atoms with Gasteiger partial charge in [-0.15, -0.1) is 0 Å². The van der Waals surface area contributed by atoms with Crippen LogP contribution in [0.1, 0.15) is 29.5 Å². The molecule has 0 radical (unpaired) electrons. The molecule has 0 aliphatic carbocycles. The Balaban J connectivity index is 1.35. The summed E-state index contributed by atoms with van der Waals surface area (Å²) in [5, 5.41) is 6.13. The average molecular weight is 531 g/mol. The van der Waals surface area contributed by atoms with E-state index in [1.54, 1.807) is 19.4 Å². The van der Waals surface area contributed by atoms with Crippen molar-refractivity contribution in [3.05, 3.63) is 83.7 Å². The minimum absolute atomic E-state index is 0.0263. The maximum atomic E-state index is 13.0. The third-order valence-electron chi connectivity index (χ3n) is 7.04. The number of aromatic nitrogens is 1. The van der Waals surface area contributed by atoms with Crippen LogP contribution in [0.15, 0.2) is 67.0 Å². The van der Waals surface area contributed by atoms with E-state index in [0.29, 0.717) is 37.4 Å². The van der Waals surface area contributed by atoms with E-state index in [2.05, 4.69) is 26.6 Å². The maximum absolute atomic E-state index is 13.0. The number of benzene rings is 2. The Morgan fingerprint density at radius 1 is 1.05 bits per heavy atom. The molecule has 2 atom stereocenters. The summed E-state index contributed by atoms with van der Waals surface area (Å²) in [4.78, 5) is 32.0. The zero-order chi connectivity index (χ0) is 27.0. The minimum Gasteiger partial charge on any atom is -0.493 e. The van der Waals surface area contributed by atoms with Crippen molar-refractivity contribution in [3.8, 4) is 17.2 Å². The van der Waals surface area contributed by atoms with Crippen LogP contribution in [-0.2, 0) is 29.1 Å². The van der Waals surface area contributed by atoms with Gasteiger partial charge in [-0.2, -0.15) is 0 Å².